The van der Waals surface area contributed by atoms with E-state index >= 15 is 0 Å². The molecule has 1 aliphatic heterocycles. The van der Waals surface area contributed by atoms with Crippen molar-refractivity contribution in [2.24, 2.45) is 0 Å². The summed E-state index contributed by atoms with van der Waals surface area (Å²) in [7, 11) is 0. The molecule has 0 radical (unpaired) electrons. The summed E-state index contributed by atoms with van der Waals surface area (Å²) >= 11 is 0. The molecule has 3 heteroatoms. The van der Waals surface area contributed by atoms with Gasteiger partial charge >= 0.3 is 5.97 Å². The topological polar surface area (TPSA) is 40.5 Å². The van der Waals surface area contributed by atoms with Crippen LogP contribution in [0.5, 0.6) is 0 Å². The number of hydrogen-bond donors (Lipinski definition) is 1. The van der Waals surface area contributed by atoms with Gasteiger partial charge in [0.1, 0.15) is 0 Å². The molecule has 0 aromatic heterocycles. The Labute approximate surface area is 127 Å². The lowest BCUT2D eigenvalue weighted by atomic mass is 10.1. The number of carboxylic acids is 1. The zero-order valence-corrected chi connectivity index (χ0v) is 12.8. The van der Waals surface area contributed by atoms with Crippen LogP contribution in [0.2, 0.25) is 0 Å². The molecule has 1 aliphatic rings. The maximum absolute atomic E-state index is 10.6. The molecule has 0 saturated carbocycles. The third-order valence-electron chi connectivity index (χ3n) is 4.23. The Balaban J connectivity index is 2.07. The van der Waals surface area contributed by atoms with Crippen LogP contribution in [0, 0.1) is 0 Å². The molecular weight excluding hydrogens is 262 g/mol. The number of nitrogens with zero attached hydrogens (tertiary/aromatic N) is 1. The van der Waals surface area contributed by atoms with Gasteiger partial charge in [0.15, 0.2) is 0 Å². The predicted octanol–water partition coefficient (Wildman–Crippen LogP) is 3.94. The lowest BCUT2D eigenvalue weighted by molar-refractivity contribution is -0.131. The van der Waals surface area contributed by atoms with Crippen LogP contribution in [0.3, 0.4) is 0 Å². The molecule has 1 aromatic rings. The summed E-state index contributed by atoms with van der Waals surface area (Å²) in [5.41, 5.74) is 2.22. The van der Waals surface area contributed by atoms with Gasteiger partial charge in [-0.3, -0.25) is 4.90 Å². The first-order valence-corrected chi connectivity index (χ1v) is 7.93. The molecule has 2 rings (SSSR count). The second-order valence-electron chi connectivity index (χ2n) is 5.80. The SMILES string of the molecule is CCC1CCCCCN1Cc1cccc(/C=C/C(=O)O)c1. The van der Waals surface area contributed by atoms with Crippen LogP contribution in [0.4, 0.5) is 0 Å². The lowest BCUT2D eigenvalue weighted by Gasteiger charge is -2.29. The summed E-state index contributed by atoms with van der Waals surface area (Å²) in [4.78, 5) is 13.2. The second kappa shape index (κ2) is 7.99. The number of rotatable bonds is 5. The summed E-state index contributed by atoms with van der Waals surface area (Å²) < 4.78 is 0. The average molecular weight is 287 g/mol. The Bertz CT molecular complexity index is 496. The van der Waals surface area contributed by atoms with E-state index < -0.39 is 5.97 Å². The number of aliphatic carboxylic acids is 1. The third-order valence-corrected chi connectivity index (χ3v) is 4.23. The van der Waals surface area contributed by atoms with Gasteiger partial charge in [0, 0.05) is 18.7 Å². The summed E-state index contributed by atoms with van der Waals surface area (Å²) in [6.45, 7) is 4.41. The quantitative estimate of drug-likeness (QED) is 0.834. The van der Waals surface area contributed by atoms with E-state index in [0.717, 1.165) is 12.1 Å². The highest BCUT2D eigenvalue weighted by molar-refractivity contribution is 5.85. The second-order valence-corrected chi connectivity index (χ2v) is 5.80. The van der Waals surface area contributed by atoms with E-state index in [1.165, 1.54) is 50.3 Å². The zero-order valence-electron chi connectivity index (χ0n) is 12.8. The van der Waals surface area contributed by atoms with Crippen molar-refractivity contribution >= 4 is 12.0 Å². The van der Waals surface area contributed by atoms with Gasteiger partial charge in [-0.1, -0.05) is 44.0 Å². The molecule has 1 fully saturated rings. The number of hydrogen-bond acceptors (Lipinski definition) is 2. The summed E-state index contributed by atoms with van der Waals surface area (Å²) in [5.74, 6) is -0.904. The van der Waals surface area contributed by atoms with Crippen molar-refractivity contribution in [2.45, 2.75) is 51.6 Å². The monoisotopic (exact) mass is 287 g/mol. The van der Waals surface area contributed by atoms with Crippen molar-refractivity contribution in [1.82, 2.24) is 4.90 Å². The van der Waals surface area contributed by atoms with E-state index in [1.54, 1.807) is 6.08 Å². The standard InChI is InChI=1S/C18H25NO2/c1-2-17-9-4-3-5-12-19(17)14-16-8-6-7-15(13-16)10-11-18(20)21/h6-8,10-11,13,17H,2-5,9,12,14H2,1H3,(H,20,21)/b11-10+. The van der Waals surface area contributed by atoms with Crippen LogP contribution >= 0.6 is 0 Å². The van der Waals surface area contributed by atoms with Gasteiger partial charge in [-0.15, -0.1) is 0 Å². The van der Waals surface area contributed by atoms with Gasteiger partial charge in [-0.2, -0.15) is 0 Å². The number of benzene rings is 1. The fourth-order valence-electron chi connectivity index (χ4n) is 3.10. The molecule has 0 bridgehead atoms. The molecular formula is C18H25NO2. The minimum atomic E-state index is -0.904. The van der Waals surface area contributed by atoms with Crippen molar-refractivity contribution in [3.05, 3.63) is 41.5 Å². The third kappa shape index (κ3) is 5.01. The van der Waals surface area contributed by atoms with Gasteiger partial charge in [0.2, 0.25) is 0 Å². The summed E-state index contributed by atoms with van der Waals surface area (Å²) in [6, 6.07) is 8.87. The molecule has 1 saturated heterocycles. The van der Waals surface area contributed by atoms with Crippen molar-refractivity contribution in [1.29, 1.82) is 0 Å². The highest BCUT2D eigenvalue weighted by Gasteiger charge is 2.19. The number of likely N-dealkylation sites (tertiary alicyclic amines) is 1. The molecule has 0 aliphatic carbocycles. The Kier molecular flexibility index (Phi) is 6.00. The number of carboxylic acid groups (broad SMARTS) is 1. The fourth-order valence-corrected chi connectivity index (χ4v) is 3.10. The lowest BCUT2D eigenvalue weighted by Crippen LogP contribution is -2.33. The van der Waals surface area contributed by atoms with E-state index in [4.69, 9.17) is 5.11 Å². The summed E-state index contributed by atoms with van der Waals surface area (Å²) in [6.07, 6.45) is 9.33. The van der Waals surface area contributed by atoms with Crippen LogP contribution in [0.1, 0.15) is 50.2 Å². The Morgan fingerprint density at radius 1 is 1.38 bits per heavy atom. The molecule has 0 amide bonds. The molecule has 1 heterocycles. The normalized spacial score (nSPS) is 20.5. The highest BCUT2D eigenvalue weighted by Crippen LogP contribution is 2.21. The van der Waals surface area contributed by atoms with Crippen molar-refractivity contribution in [2.75, 3.05) is 6.54 Å². The van der Waals surface area contributed by atoms with Crippen LogP contribution in [0.25, 0.3) is 6.08 Å². The van der Waals surface area contributed by atoms with E-state index in [-0.39, 0.29) is 0 Å². The van der Waals surface area contributed by atoms with Gasteiger partial charge in [-0.25, -0.2) is 4.79 Å². The molecule has 0 spiro atoms. The van der Waals surface area contributed by atoms with Crippen LogP contribution in [0.15, 0.2) is 30.3 Å². The maximum Gasteiger partial charge on any atom is 0.328 e. The molecule has 1 atom stereocenters. The first-order chi connectivity index (χ1) is 10.2. The minimum Gasteiger partial charge on any atom is -0.478 e. The van der Waals surface area contributed by atoms with Gasteiger partial charge in [0.25, 0.3) is 0 Å². The van der Waals surface area contributed by atoms with Crippen molar-refractivity contribution in [3.63, 3.8) is 0 Å². The molecule has 21 heavy (non-hydrogen) atoms. The average Bonchev–Trinajstić information content (AvgIpc) is 2.70. The largest absolute Gasteiger partial charge is 0.478 e. The molecule has 1 aromatic carbocycles. The smallest absolute Gasteiger partial charge is 0.328 e. The Hall–Kier alpha value is -1.61. The van der Waals surface area contributed by atoms with Gasteiger partial charge < -0.3 is 5.11 Å². The molecule has 114 valence electrons. The molecule has 1 N–H and O–H groups in total. The summed E-state index contributed by atoms with van der Waals surface area (Å²) in [5, 5.41) is 8.71. The van der Waals surface area contributed by atoms with Crippen LogP contribution in [-0.4, -0.2) is 28.6 Å². The van der Waals surface area contributed by atoms with Crippen molar-refractivity contribution < 1.29 is 9.90 Å². The van der Waals surface area contributed by atoms with Gasteiger partial charge in [-0.05, 0) is 43.0 Å². The minimum absolute atomic E-state index is 0.686. The van der Waals surface area contributed by atoms with E-state index in [2.05, 4.69) is 24.0 Å². The van der Waals surface area contributed by atoms with E-state index in [1.807, 2.05) is 12.1 Å². The highest BCUT2D eigenvalue weighted by atomic mass is 16.4. The Morgan fingerprint density at radius 3 is 3.00 bits per heavy atom. The maximum atomic E-state index is 10.6. The van der Waals surface area contributed by atoms with E-state index in [0.29, 0.717) is 6.04 Å². The number of carbonyl (C=O) groups is 1. The van der Waals surface area contributed by atoms with Crippen LogP contribution < -0.4 is 0 Å². The first-order valence-electron chi connectivity index (χ1n) is 7.93. The molecule has 3 nitrogen and oxygen atoms in total. The molecule has 1 unspecified atom stereocenters. The zero-order chi connectivity index (χ0) is 15.1. The predicted molar refractivity (Wildman–Crippen MR) is 86.1 cm³/mol. The van der Waals surface area contributed by atoms with E-state index in [9.17, 15) is 4.79 Å². The fraction of sp³-hybridized carbons (Fsp3) is 0.500. The van der Waals surface area contributed by atoms with Crippen molar-refractivity contribution in [3.8, 4) is 0 Å². The van der Waals surface area contributed by atoms with Crippen LogP contribution in [-0.2, 0) is 11.3 Å². The van der Waals surface area contributed by atoms with Gasteiger partial charge in [0.05, 0.1) is 0 Å². The first kappa shape index (κ1) is 15.8. The Morgan fingerprint density at radius 2 is 2.24 bits per heavy atom.